The van der Waals surface area contributed by atoms with Gasteiger partial charge in [0.25, 0.3) is 0 Å². The second-order valence-corrected chi connectivity index (χ2v) is 6.46. The molecular formula is C17H20N6O3. The van der Waals surface area contributed by atoms with E-state index in [1.165, 1.54) is 9.08 Å². The third-order valence-corrected chi connectivity index (χ3v) is 4.55. The van der Waals surface area contributed by atoms with Crippen LogP contribution in [0.1, 0.15) is 11.5 Å². The van der Waals surface area contributed by atoms with Gasteiger partial charge in [0.15, 0.2) is 11.4 Å². The summed E-state index contributed by atoms with van der Waals surface area (Å²) >= 11 is 0. The number of carbonyl (C=O) groups excluding carboxylic acids is 1. The zero-order valence-electron chi connectivity index (χ0n) is 14.5. The van der Waals surface area contributed by atoms with Crippen LogP contribution in [0, 0.1) is 6.92 Å². The molecule has 1 fully saturated rings. The van der Waals surface area contributed by atoms with Gasteiger partial charge in [0.05, 0.1) is 12.2 Å². The summed E-state index contributed by atoms with van der Waals surface area (Å²) in [7, 11) is 0. The molecule has 1 aliphatic heterocycles. The van der Waals surface area contributed by atoms with Gasteiger partial charge < -0.3 is 9.42 Å². The minimum atomic E-state index is -0.298. The van der Waals surface area contributed by atoms with Gasteiger partial charge in [-0.25, -0.2) is 9.48 Å². The Balaban J connectivity index is 1.36. The average molecular weight is 356 g/mol. The van der Waals surface area contributed by atoms with E-state index in [-0.39, 0.29) is 18.1 Å². The fraction of sp³-hybridized carbons (Fsp3) is 0.412. The smallest absolute Gasteiger partial charge is 0.350 e. The molecule has 4 heterocycles. The summed E-state index contributed by atoms with van der Waals surface area (Å²) in [6, 6.07) is 7.24. The number of carbonyl (C=O) groups is 1. The van der Waals surface area contributed by atoms with Gasteiger partial charge in [-0.15, -0.1) is 5.10 Å². The Morgan fingerprint density at radius 2 is 2.04 bits per heavy atom. The van der Waals surface area contributed by atoms with E-state index in [9.17, 15) is 9.59 Å². The van der Waals surface area contributed by atoms with Gasteiger partial charge in [-0.2, -0.15) is 0 Å². The molecule has 0 aromatic carbocycles. The molecule has 4 rings (SSSR count). The number of hydrogen-bond donors (Lipinski definition) is 0. The van der Waals surface area contributed by atoms with E-state index in [1.807, 2.05) is 19.1 Å². The first-order chi connectivity index (χ1) is 12.6. The Morgan fingerprint density at radius 1 is 1.23 bits per heavy atom. The topological polar surface area (TPSA) is 88.9 Å². The third-order valence-electron chi connectivity index (χ3n) is 4.55. The summed E-state index contributed by atoms with van der Waals surface area (Å²) in [4.78, 5) is 28.8. The molecule has 0 saturated carbocycles. The highest BCUT2D eigenvalue weighted by Gasteiger charge is 2.23. The number of fused-ring (bicyclic) bond motifs is 1. The summed E-state index contributed by atoms with van der Waals surface area (Å²) < 4.78 is 7.90. The van der Waals surface area contributed by atoms with Crippen LogP contribution in [0.5, 0.6) is 0 Å². The normalized spacial score (nSPS) is 15.7. The van der Waals surface area contributed by atoms with E-state index >= 15 is 0 Å². The molecule has 1 saturated heterocycles. The highest BCUT2D eigenvalue weighted by Crippen LogP contribution is 2.10. The molecule has 0 unspecified atom stereocenters. The van der Waals surface area contributed by atoms with Crippen molar-refractivity contribution in [2.45, 2.75) is 20.0 Å². The lowest BCUT2D eigenvalue weighted by atomic mass is 10.3. The Kier molecular flexibility index (Phi) is 4.29. The van der Waals surface area contributed by atoms with E-state index in [0.717, 1.165) is 24.5 Å². The molecule has 0 bridgehead atoms. The van der Waals surface area contributed by atoms with Crippen LogP contribution in [0.3, 0.4) is 0 Å². The Bertz CT molecular complexity index is 980. The summed E-state index contributed by atoms with van der Waals surface area (Å²) in [6.45, 7) is 5.29. The van der Waals surface area contributed by atoms with Gasteiger partial charge in [-0.3, -0.25) is 14.1 Å². The van der Waals surface area contributed by atoms with Crippen molar-refractivity contribution >= 4 is 11.6 Å². The van der Waals surface area contributed by atoms with Gasteiger partial charge in [0.1, 0.15) is 6.54 Å². The highest BCUT2D eigenvalue weighted by atomic mass is 16.5. The number of hydrogen-bond acceptors (Lipinski definition) is 6. The van der Waals surface area contributed by atoms with Crippen molar-refractivity contribution in [3.63, 3.8) is 0 Å². The van der Waals surface area contributed by atoms with Crippen LogP contribution in [0.15, 0.2) is 39.8 Å². The molecule has 0 N–H and O–H groups in total. The number of amides is 1. The van der Waals surface area contributed by atoms with Crippen molar-refractivity contribution in [2.75, 3.05) is 26.2 Å². The third kappa shape index (κ3) is 3.25. The van der Waals surface area contributed by atoms with Gasteiger partial charge in [-0.1, -0.05) is 11.2 Å². The quantitative estimate of drug-likeness (QED) is 0.661. The molecule has 0 aliphatic carbocycles. The van der Waals surface area contributed by atoms with Crippen molar-refractivity contribution < 1.29 is 9.32 Å². The molecule has 136 valence electrons. The van der Waals surface area contributed by atoms with E-state index in [1.54, 1.807) is 23.2 Å². The van der Waals surface area contributed by atoms with Crippen LogP contribution in [0.25, 0.3) is 5.65 Å². The molecule has 9 nitrogen and oxygen atoms in total. The minimum absolute atomic E-state index is 0.0399. The van der Waals surface area contributed by atoms with Crippen LogP contribution in [0.4, 0.5) is 0 Å². The van der Waals surface area contributed by atoms with Gasteiger partial charge in [0.2, 0.25) is 5.91 Å². The summed E-state index contributed by atoms with van der Waals surface area (Å²) in [5.41, 5.74) is 1.11. The standard InChI is InChI=1S/C17H20N6O3/c1-13-10-14(26-19-13)11-20-6-8-21(9-7-20)16(24)12-23-17(25)22-5-3-2-4-15(22)18-23/h2-5,10H,6-9,11-12H2,1H3. The number of pyridine rings is 1. The van der Waals surface area contributed by atoms with Crippen LogP contribution in [-0.4, -0.2) is 61.2 Å². The molecule has 9 heteroatoms. The van der Waals surface area contributed by atoms with E-state index < -0.39 is 0 Å². The second-order valence-electron chi connectivity index (χ2n) is 6.46. The lowest BCUT2D eigenvalue weighted by Gasteiger charge is -2.34. The zero-order chi connectivity index (χ0) is 18.1. The molecule has 3 aromatic heterocycles. The fourth-order valence-corrected chi connectivity index (χ4v) is 3.17. The van der Waals surface area contributed by atoms with Crippen LogP contribution in [-0.2, 0) is 17.9 Å². The van der Waals surface area contributed by atoms with Crippen molar-refractivity contribution in [1.29, 1.82) is 0 Å². The molecule has 0 spiro atoms. The molecular weight excluding hydrogens is 336 g/mol. The number of nitrogens with zero attached hydrogens (tertiary/aromatic N) is 6. The maximum Gasteiger partial charge on any atom is 0.350 e. The van der Waals surface area contributed by atoms with E-state index in [2.05, 4.69) is 15.2 Å². The van der Waals surface area contributed by atoms with Gasteiger partial charge in [-0.05, 0) is 19.1 Å². The molecule has 3 aromatic rings. The lowest BCUT2D eigenvalue weighted by Crippen LogP contribution is -2.49. The predicted octanol–water partition coefficient (Wildman–Crippen LogP) is 0.137. The fourth-order valence-electron chi connectivity index (χ4n) is 3.17. The van der Waals surface area contributed by atoms with Crippen LogP contribution < -0.4 is 5.69 Å². The number of rotatable bonds is 4. The summed E-state index contributed by atoms with van der Waals surface area (Å²) in [5.74, 6) is 0.740. The second kappa shape index (κ2) is 6.75. The average Bonchev–Trinajstić information content (AvgIpc) is 3.19. The highest BCUT2D eigenvalue weighted by molar-refractivity contribution is 5.76. The van der Waals surface area contributed by atoms with Crippen molar-refractivity contribution in [3.05, 3.63) is 52.4 Å². The molecule has 0 atom stereocenters. The number of aromatic nitrogens is 4. The largest absolute Gasteiger partial charge is 0.360 e. The first-order valence-electron chi connectivity index (χ1n) is 8.57. The van der Waals surface area contributed by atoms with Crippen LogP contribution >= 0.6 is 0 Å². The first kappa shape index (κ1) is 16.5. The van der Waals surface area contributed by atoms with E-state index in [0.29, 0.717) is 25.3 Å². The molecule has 1 amide bonds. The van der Waals surface area contributed by atoms with Crippen molar-refractivity contribution in [1.82, 2.24) is 29.1 Å². The monoisotopic (exact) mass is 356 g/mol. The number of aryl methyl sites for hydroxylation is 1. The van der Waals surface area contributed by atoms with Crippen LogP contribution in [0.2, 0.25) is 0 Å². The SMILES string of the molecule is Cc1cc(CN2CCN(C(=O)Cn3nc4ccccn4c3=O)CC2)on1. The maximum absolute atomic E-state index is 12.5. The predicted molar refractivity (Wildman–Crippen MR) is 92.5 cm³/mol. The van der Waals surface area contributed by atoms with E-state index in [4.69, 9.17) is 4.52 Å². The zero-order valence-corrected chi connectivity index (χ0v) is 14.5. The molecule has 26 heavy (non-hydrogen) atoms. The van der Waals surface area contributed by atoms with Crippen molar-refractivity contribution in [2.24, 2.45) is 0 Å². The maximum atomic E-state index is 12.5. The summed E-state index contributed by atoms with van der Waals surface area (Å²) in [6.07, 6.45) is 1.65. The lowest BCUT2D eigenvalue weighted by molar-refractivity contribution is -0.133. The van der Waals surface area contributed by atoms with Gasteiger partial charge in [0, 0.05) is 38.4 Å². The Hall–Kier alpha value is -2.94. The Labute approximate surface area is 149 Å². The first-order valence-corrected chi connectivity index (χ1v) is 8.57. The Morgan fingerprint density at radius 3 is 2.73 bits per heavy atom. The minimum Gasteiger partial charge on any atom is -0.360 e. The number of piperazine rings is 1. The summed E-state index contributed by atoms with van der Waals surface area (Å²) in [5, 5.41) is 8.10. The van der Waals surface area contributed by atoms with Crippen molar-refractivity contribution in [3.8, 4) is 0 Å². The van der Waals surface area contributed by atoms with Gasteiger partial charge >= 0.3 is 5.69 Å². The molecule has 1 aliphatic rings. The molecule has 0 radical (unpaired) electrons.